The smallest absolute Gasteiger partial charge is 0.336 e. The van der Waals surface area contributed by atoms with Crippen LogP contribution in [0.1, 0.15) is 24.0 Å². The van der Waals surface area contributed by atoms with Crippen LogP contribution in [0.3, 0.4) is 0 Å². The topological polar surface area (TPSA) is 65.7 Å². The molecule has 0 aliphatic rings. The Morgan fingerprint density at radius 3 is 2.81 bits per heavy atom. The third kappa shape index (κ3) is 5.44. The van der Waals surface area contributed by atoms with Crippen LogP contribution >= 0.6 is 15.9 Å². The van der Waals surface area contributed by atoms with Crippen LogP contribution in [0, 0.1) is 6.92 Å². The zero-order valence-corrected chi connectivity index (χ0v) is 16.5. The van der Waals surface area contributed by atoms with Gasteiger partial charge >= 0.3 is 11.6 Å². The van der Waals surface area contributed by atoms with Crippen LogP contribution in [0.25, 0.3) is 11.0 Å². The van der Waals surface area contributed by atoms with Gasteiger partial charge in [0.2, 0.25) is 0 Å². The highest BCUT2D eigenvalue weighted by Gasteiger charge is 2.09. The molecule has 0 radical (unpaired) electrons. The molecule has 0 unspecified atom stereocenters. The third-order valence-electron chi connectivity index (χ3n) is 3.96. The first-order valence-electron chi connectivity index (χ1n) is 8.58. The number of ether oxygens (including phenoxy) is 2. The molecule has 0 aliphatic carbocycles. The number of rotatable bonds is 7. The first-order valence-corrected chi connectivity index (χ1v) is 9.38. The van der Waals surface area contributed by atoms with Crippen molar-refractivity contribution in [3.8, 4) is 5.75 Å². The first kappa shape index (κ1) is 19.2. The summed E-state index contributed by atoms with van der Waals surface area (Å²) in [5.41, 5.74) is 1.67. The lowest BCUT2D eigenvalue weighted by molar-refractivity contribution is -0.145. The average Bonchev–Trinajstić information content (AvgIpc) is 2.63. The van der Waals surface area contributed by atoms with Gasteiger partial charge in [-0.1, -0.05) is 34.1 Å². The Morgan fingerprint density at radius 2 is 2.00 bits per heavy atom. The summed E-state index contributed by atoms with van der Waals surface area (Å²) < 4.78 is 17.0. The van der Waals surface area contributed by atoms with Crippen LogP contribution in [0.5, 0.6) is 5.75 Å². The summed E-state index contributed by atoms with van der Waals surface area (Å²) in [5.74, 6) is 0.414. The van der Waals surface area contributed by atoms with Crippen LogP contribution in [0.15, 0.2) is 62.2 Å². The van der Waals surface area contributed by atoms with Gasteiger partial charge in [0, 0.05) is 27.9 Å². The Balaban J connectivity index is 1.51. The quantitative estimate of drug-likeness (QED) is 0.307. The van der Waals surface area contributed by atoms with Gasteiger partial charge in [-0.25, -0.2) is 4.79 Å². The van der Waals surface area contributed by atoms with E-state index in [2.05, 4.69) is 15.9 Å². The number of aryl methyl sites for hydroxylation is 1. The van der Waals surface area contributed by atoms with E-state index >= 15 is 0 Å². The van der Waals surface area contributed by atoms with Gasteiger partial charge in [-0.3, -0.25) is 4.79 Å². The zero-order valence-electron chi connectivity index (χ0n) is 14.9. The molecule has 1 aromatic heterocycles. The number of esters is 1. The molecular formula is C21H19BrO5. The maximum Gasteiger partial charge on any atom is 0.336 e. The number of halogens is 1. The molecule has 0 spiro atoms. The summed E-state index contributed by atoms with van der Waals surface area (Å²) in [6.07, 6.45) is 0.786. The summed E-state index contributed by atoms with van der Waals surface area (Å²) in [6.45, 7) is 2.38. The lowest BCUT2D eigenvalue weighted by Crippen LogP contribution is -2.09. The highest BCUT2D eigenvalue weighted by molar-refractivity contribution is 9.10. The minimum Gasteiger partial charge on any atom is -0.494 e. The molecule has 3 aromatic rings. The Bertz CT molecular complexity index is 1010. The first-order chi connectivity index (χ1) is 13.0. The molecule has 5 nitrogen and oxygen atoms in total. The molecule has 1 heterocycles. The van der Waals surface area contributed by atoms with Crippen molar-refractivity contribution in [1.82, 2.24) is 0 Å². The van der Waals surface area contributed by atoms with Gasteiger partial charge in [-0.05, 0) is 43.2 Å². The van der Waals surface area contributed by atoms with E-state index in [9.17, 15) is 9.59 Å². The van der Waals surface area contributed by atoms with E-state index in [-0.39, 0.29) is 19.0 Å². The van der Waals surface area contributed by atoms with E-state index in [1.165, 1.54) is 6.07 Å². The van der Waals surface area contributed by atoms with Crippen LogP contribution < -0.4 is 10.4 Å². The van der Waals surface area contributed by atoms with Crippen molar-refractivity contribution in [2.45, 2.75) is 26.4 Å². The highest BCUT2D eigenvalue weighted by Crippen LogP contribution is 2.20. The Labute approximate surface area is 165 Å². The molecule has 0 fully saturated rings. The molecule has 0 bridgehead atoms. The van der Waals surface area contributed by atoms with E-state index in [4.69, 9.17) is 13.9 Å². The Morgan fingerprint density at radius 1 is 1.15 bits per heavy atom. The van der Waals surface area contributed by atoms with E-state index in [0.29, 0.717) is 24.2 Å². The maximum atomic E-state index is 12.0. The average molecular weight is 431 g/mol. The van der Waals surface area contributed by atoms with Gasteiger partial charge in [-0.2, -0.15) is 0 Å². The van der Waals surface area contributed by atoms with Crippen molar-refractivity contribution in [3.05, 3.63) is 74.6 Å². The molecule has 0 N–H and O–H groups in total. The number of carbonyl (C=O) groups excluding carboxylic acids is 1. The van der Waals surface area contributed by atoms with E-state index in [1.807, 2.05) is 43.3 Å². The summed E-state index contributed by atoms with van der Waals surface area (Å²) in [5, 5.41) is 0.769. The highest BCUT2D eigenvalue weighted by atomic mass is 79.9. The largest absolute Gasteiger partial charge is 0.494 e. The predicted octanol–water partition coefficient (Wildman–Crippen LogP) is 4.77. The second kappa shape index (κ2) is 8.86. The van der Waals surface area contributed by atoms with Crippen molar-refractivity contribution in [2.75, 3.05) is 6.61 Å². The standard InChI is InChI=1S/C21H19BrO5/c1-14-7-8-18-15(11-21(24)27-19(18)10-14)13-26-20(23)6-3-9-25-17-5-2-4-16(22)12-17/h2,4-5,7-8,10-12H,3,6,9,13H2,1H3. The molecule has 6 heteroatoms. The molecule has 140 valence electrons. The van der Waals surface area contributed by atoms with Crippen molar-refractivity contribution in [3.63, 3.8) is 0 Å². The molecule has 0 saturated carbocycles. The molecule has 3 rings (SSSR count). The van der Waals surface area contributed by atoms with Gasteiger partial charge in [0.25, 0.3) is 0 Å². The van der Waals surface area contributed by atoms with Gasteiger partial charge in [-0.15, -0.1) is 0 Å². The van der Waals surface area contributed by atoms with E-state index in [0.717, 1.165) is 21.2 Å². The second-order valence-electron chi connectivity index (χ2n) is 6.16. The lowest BCUT2D eigenvalue weighted by Gasteiger charge is -2.08. The zero-order chi connectivity index (χ0) is 19.2. The fraction of sp³-hybridized carbons (Fsp3) is 0.238. The molecular weight excluding hydrogens is 412 g/mol. The minimum atomic E-state index is -0.457. The van der Waals surface area contributed by atoms with Gasteiger partial charge in [0.1, 0.15) is 17.9 Å². The lowest BCUT2D eigenvalue weighted by atomic mass is 10.1. The Hall–Kier alpha value is -2.60. The Kier molecular flexibility index (Phi) is 6.29. The monoisotopic (exact) mass is 430 g/mol. The molecule has 0 atom stereocenters. The molecule has 0 saturated heterocycles. The number of carbonyl (C=O) groups is 1. The summed E-state index contributed by atoms with van der Waals surface area (Å²) in [7, 11) is 0. The minimum absolute atomic E-state index is 0.0382. The van der Waals surface area contributed by atoms with Crippen molar-refractivity contribution >= 4 is 32.9 Å². The number of fused-ring (bicyclic) bond motifs is 1. The normalized spacial score (nSPS) is 10.7. The molecule has 0 aliphatic heterocycles. The molecule has 2 aromatic carbocycles. The van der Waals surface area contributed by atoms with Crippen LogP contribution in [0.2, 0.25) is 0 Å². The van der Waals surface area contributed by atoms with Gasteiger partial charge in [0.15, 0.2) is 0 Å². The summed E-state index contributed by atoms with van der Waals surface area (Å²) in [4.78, 5) is 23.7. The van der Waals surface area contributed by atoms with E-state index in [1.54, 1.807) is 6.07 Å². The van der Waals surface area contributed by atoms with Crippen molar-refractivity contribution < 1.29 is 18.7 Å². The second-order valence-corrected chi connectivity index (χ2v) is 7.08. The molecule has 0 amide bonds. The fourth-order valence-corrected chi connectivity index (χ4v) is 3.03. The van der Waals surface area contributed by atoms with Crippen molar-refractivity contribution in [2.24, 2.45) is 0 Å². The fourth-order valence-electron chi connectivity index (χ4n) is 2.65. The maximum absolute atomic E-state index is 12.0. The van der Waals surface area contributed by atoms with Gasteiger partial charge in [0.05, 0.1) is 6.61 Å². The molecule has 27 heavy (non-hydrogen) atoms. The van der Waals surface area contributed by atoms with Crippen molar-refractivity contribution in [1.29, 1.82) is 0 Å². The SMILES string of the molecule is Cc1ccc2c(COC(=O)CCCOc3cccc(Br)c3)cc(=O)oc2c1. The predicted molar refractivity (Wildman–Crippen MR) is 106 cm³/mol. The van der Waals surface area contributed by atoms with E-state index < -0.39 is 5.63 Å². The van der Waals surface area contributed by atoms with Crippen LogP contribution in [-0.2, 0) is 16.1 Å². The van der Waals surface area contributed by atoms with Gasteiger partial charge < -0.3 is 13.9 Å². The number of hydrogen-bond acceptors (Lipinski definition) is 5. The van der Waals surface area contributed by atoms with Crippen LogP contribution in [0.4, 0.5) is 0 Å². The third-order valence-corrected chi connectivity index (χ3v) is 4.46. The van der Waals surface area contributed by atoms with Crippen LogP contribution in [-0.4, -0.2) is 12.6 Å². The summed E-state index contributed by atoms with van der Waals surface area (Å²) in [6, 6.07) is 14.5. The number of hydrogen-bond donors (Lipinski definition) is 0. The summed E-state index contributed by atoms with van der Waals surface area (Å²) >= 11 is 3.38. The number of benzene rings is 2.